The van der Waals surface area contributed by atoms with Crippen molar-refractivity contribution < 1.29 is 14.0 Å². The van der Waals surface area contributed by atoms with Gasteiger partial charge in [-0.15, -0.1) is 11.8 Å². The number of halogens is 2. The van der Waals surface area contributed by atoms with Crippen LogP contribution < -0.4 is 0 Å². The molecule has 4 rings (SSSR count). The number of hydrogen-bond acceptors (Lipinski definition) is 3. The highest BCUT2D eigenvalue weighted by molar-refractivity contribution is 8.00. The number of likely N-dealkylation sites (tertiary alicyclic amines) is 1. The van der Waals surface area contributed by atoms with Crippen molar-refractivity contribution in [2.24, 2.45) is 0 Å². The Morgan fingerprint density at radius 2 is 1.68 bits per heavy atom. The monoisotopic (exact) mass is 418 g/mol. The van der Waals surface area contributed by atoms with Crippen LogP contribution in [0.1, 0.15) is 33.6 Å². The summed E-state index contributed by atoms with van der Waals surface area (Å²) >= 11 is 7.67. The molecule has 2 aliphatic rings. The third-order valence-corrected chi connectivity index (χ3v) is 7.22. The third-order valence-electron chi connectivity index (χ3n) is 5.42. The van der Waals surface area contributed by atoms with Gasteiger partial charge < -0.3 is 9.80 Å². The maximum absolute atomic E-state index is 13.5. The summed E-state index contributed by atoms with van der Waals surface area (Å²) in [7, 11) is 0. The third kappa shape index (κ3) is 3.63. The van der Waals surface area contributed by atoms with E-state index in [2.05, 4.69) is 0 Å². The van der Waals surface area contributed by atoms with Crippen molar-refractivity contribution in [3.8, 4) is 0 Å². The molecule has 0 atom stereocenters. The lowest BCUT2D eigenvalue weighted by Crippen LogP contribution is -2.53. The molecule has 2 heterocycles. The summed E-state index contributed by atoms with van der Waals surface area (Å²) in [5.41, 5.74) is 0.994. The summed E-state index contributed by atoms with van der Waals surface area (Å²) in [6.07, 6.45) is 1.41. The highest BCUT2D eigenvalue weighted by Crippen LogP contribution is 2.44. The molecule has 146 valence electrons. The molecule has 28 heavy (non-hydrogen) atoms. The molecule has 0 N–H and O–H groups in total. The standard InChI is InChI=1S/C21H20ClFN2O2S/c22-17-6-4-15(5-7-17)19(26)24-10-8-21(9-11-24)25(12-13-28-21)20(27)16-2-1-3-18(23)14-16/h1-7,14H,8-13H2. The molecule has 7 heteroatoms. The van der Waals surface area contributed by atoms with E-state index in [0.717, 1.165) is 5.75 Å². The lowest BCUT2D eigenvalue weighted by Gasteiger charge is -2.44. The van der Waals surface area contributed by atoms with Crippen molar-refractivity contribution in [2.45, 2.75) is 17.7 Å². The second kappa shape index (κ2) is 7.76. The number of carbonyl (C=O) groups excluding carboxylic acids is 2. The first-order valence-corrected chi connectivity index (χ1v) is 10.6. The van der Waals surface area contributed by atoms with Crippen LogP contribution in [0.5, 0.6) is 0 Å². The van der Waals surface area contributed by atoms with Crippen LogP contribution in [0.4, 0.5) is 4.39 Å². The first-order valence-electron chi connectivity index (χ1n) is 9.25. The highest BCUT2D eigenvalue weighted by Gasteiger charge is 2.47. The molecule has 0 aromatic heterocycles. The van der Waals surface area contributed by atoms with E-state index in [9.17, 15) is 14.0 Å². The van der Waals surface area contributed by atoms with Gasteiger partial charge in [-0.1, -0.05) is 17.7 Å². The Morgan fingerprint density at radius 1 is 0.964 bits per heavy atom. The van der Waals surface area contributed by atoms with E-state index in [4.69, 9.17) is 11.6 Å². The molecule has 0 bridgehead atoms. The van der Waals surface area contributed by atoms with Crippen molar-refractivity contribution in [1.82, 2.24) is 9.80 Å². The van der Waals surface area contributed by atoms with Crippen LogP contribution >= 0.6 is 23.4 Å². The molecule has 2 aliphatic heterocycles. The smallest absolute Gasteiger partial charge is 0.255 e. The average molecular weight is 419 g/mol. The Morgan fingerprint density at radius 3 is 2.36 bits per heavy atom. The van der Waals surface area contributed by atoms with Crippen LogP contribution in [-0.4, -0.2) is 51.9 Å². The summed E-state index contributed by atoms with van der Waals surface area (Å²) in [6, 6.07) is 12.7. The van der Waals surface area contributed by atoms with E-state index in [1.165, 1.54) is 12.1 Å². The van der Waals surface area contributed by atoms with E-state index in [1.54, 1.807) is 48.2 Å². The van der Waals surface area contributed by atoms with Gasteiger partial charge in [-0.25, -0.2) is 4.39 Å². The maximum Gasteiger partial charge on any atom is 0.255 e. The predicted molar refractivity (Wildman–Crippen MR) is 109 cm³/mol. The van der Waals surface area contributed by atoms with Crippen LogP contribution in [0.15, 0.2) is 48.5 Å². The van der Waals surface area contributed by atoms with Crippen molar-refractivity contribution in [2.75, 3.05) is 25.4 Å². The highest BCUT2D eigenvalue weighted by atomic mass is 35.5. The topological polar surface area (TPSA) is 40.6 Å². The molecule has 2 fully saturated rings. The normalized spacial score (nSPS) is 18.5. The Kier molecular flexibility index (Phi) is 5.34. The van der Waals surface area contributed by atoms with E-state index in [0.29, 0.717) is 48.6 Å². The molecular weight excluding hydrogens is 399 g/mol. The molecule has 0 unspecified atom stereocenters. The number of thioether (sulfide) groups is 1. The van der Waals surface area contributed by atoms with Crippen LogP contribution in [0.3, 0.4) is 0 Å². The minimum atomic E-state index is -0.407. The first-order chi connectivity index (χ1) is 13.5. The second-order valence-electron chi connectivity index (χ2n) is 7.06. The largest absolute Gasteiger partial charge is 0.338 e. The quantitative estimate of drug-likeness (QED) is 0.730. The molecule has 0 saturated carbocycles. The SMILES string of the molecule is O=C(c1ccc(Cl)cc1)N1CCC2(CC1)SCCN2C(=O)c1cccc(F)c1. The van der Waals surface area contributed by atoms with Gasteiger partial charge in [0.2, 0.25) is 0 Å². The lowest BCUT2D eigenvalue weighted by molar-refractivity contribution is 0.0497. The van der Waals surface area contributed by atoms with Crippen LogP contribution in [-0.2, 0) is 0 Å². The van der Waals surface area contributed by atoms with Gasteiger partial charge in [0.25, 0.3) is 11.8 Å². The van der Waals surface area contributed by atoms with Gasteiger partial charge in [-0.3, -0.25) is 9.59 Å². The second-order valence-corrected chi connectivity index (χ2v) is 8.95. The van der Waals surface area contributed by atoms with E-state index < -0.39 is 5.82 Å². The lowest BCUT2D eigenvalue weighted by atomic mass is 10.00. The van der Waals surface area contributed by atoms with E-state index in [1.807, 2.05) is 9.80 Å². The molecule has 4 nitrogen and oxygen atoms in total. The molecule has 2 saturated heterocycles. The van der Waals surface area contributed by atoms with Gasteiger partial charge in [0.1, 0.15) is 5.82 Å². The number of piperidine rings is 1. The zero-order chi connectivity index (χ0) is 19.7. The van der Waals surface area contributed by atoms with Crippen molar-refractivity contribution in [3.05, 3.63) is 70.5 Å². The molecule has 2 aromatic rings. The molecule has 0 aliphatic carbocycles. The van der Waals surface area contributed by atoms with Gasteiger partial charge in [0.05, 0.1) is 4.87 Å². The molecule has 2 amide bonds. The Hall–Kier alpha value is -2.05. The van der Waals surface area contributed by atoms with E-state index >= 15 is 0 Å². The molecule has 2 aromatic carbocycles. The van der Waals surface area contributed by atoms with Gasteiger partial charge in [0.15, 0.2) is 0 Å². The minimum Gasteiger partial charge on any atom is -0.338 e. The van der Waals surface area contributed by atoms with Crippen molar-refractivity contribution in [1.29, 1.82) is 0 Å². The average Bonchev–Trinajstić information content (AvgIpc) is 3.11. The van der Waals surface area contributed by atoms with E-state index in [-0.39, 0.29) is 16.7 Å². The summed E-state index contributed by atoms with van der Waals surface area (Å²) in [5.74, 6) is 0.293. The number of rotatable bonds is 2. The Labute approximate surface area is 172 Å². The fraction of sp³-hybridized carbons (Fsp3) is 0.333. The number of benzene rings is 2. The Bertz CT molecular complexity index is 898. The first kappa shape index (κ1) is 19.3. The fourth-order valence-electron chi connectivity index (χ4n) is 3.92. The van der Waals surface area contributed by atoms with Crippen LogP contribution in [0, 0.1) is 5.82 Å². The zero-order valence-electron chi connectivity index (χ0n) is 15.2. The van der Waals surface area contributed by atoms with Crippen molar-refractivity contribution in [3.63, 3.8) is 0 Å². The summed E-state index contributed by atoms with van der Waals surface area (Å²) in [6.45, 7) is 1.81. The fourth-order valence-corrected chi connectivity index (χ4v) is 5.50. The van der Waals surface area contributed by atoms with Gasteiger partial charge in [0, 0.05) is 41.5 Å². The molecular formula is C21H20ClFN2O2S. The van der Waals surface area contributed by atoms with Gasteiger partial charge in [-0.2, -0.15) is 0 Å². The summed E-state index contributed by atoms with van der Waals surface area (Å²) in [4.78, 5) is 29.1. The van der Waals surface area contributed by atoms with Gasteiger partial charge >= 0.3 is 0 Å². The molecule has 1 spiro atoms. The maximum atomic E-state index is 13.5. The van der Waals surface area contributed by atoms with Crippen molar-refractivity contribution >= 4 is 35.2 Å². The number of amides is 2. The predicted octanol–water partition coefficient (Wildman–Crippen LogP) is 4.30. The van der Waals surface area contributed by atoms with Crippen LogP contribution in [0.2, 0.25) is 5.02 Å². The minimum absolute atomic E-state index is 0.0162. The van der Waals surface area contributed by atoms with Crippen LogP contribution in [0.25, 0.3) is 0 Å². The van der Waals surface area contributed by atoms with Gasteiger partial charge in [-0.05, 0) is 55.3 Å². The molecule has 0 radical (unpaired) electrons. The summed E-state index contributed by atoms with van der Waals surface area (Å²) in [5, 5.41) is 0.600. The number of hydrogen-bond donors (Lipinski definition) is 0. The Balaban J connectivity index is 1.47. The zero-order valence-corrected chi connectivity index (χ0v) is 16.8. The number of carbonyl (C=O) groups is 2. The number of nitrogens with zero attached hydrogens (tertiary/aromatic N) is 2. The summed E-state index contributed by atoms with van der Waals surface area (Å²) < 4.78 is 13.5.